The largest absolute Gasteiger partial charge is 0.322 e. The summed E-state index contributed by atoms with van der Waals surface area (Å²) in [6, 6.07) is 20.6. The average Bonchev–Trinajstić information content (AvgIpc) is 3.17. The Balaban J connectivity index is 1.39. The highest BCUT2D eigenvalue weighted by Crippen LogP contribution is 2.31. The first-order valence-corrected chi connectivity index (χ1v) is 13.4. The standard InChI is InChI=1S/C23H21N3O3S3/c1-15-7-12-18(13-20(15)26-32(2,28)29)24-22(27)17-10-8-16(9-11-17)14-30-23-25-19-5-3-4-6-21(19)31-23/h3-13,26H,14H2,1-2H3,(H,24,27). The highest BCUT2D eigenvalue weighted by atomic mass is 32.2. The van der Waals surface area contributed by atoms with E-state index in [2.05, 4.69) is 21.1 Å². The number of thiazole rings is 1. The van der Waals surface area contributed by atoms with Crippen molar-refractivity contribution < 1.29 is 13.2 Å². The Bertz CT molecular complexity index is 1350. The number of benzene rings is 3. The van der Waals surface area contributed by atoms with Crippen LogP contribution in [-0.2, 0) is 15.8 Å². The van der Waals surface area contributed by atoms with Gasteiger partial charge in [-0.3, -0.25) is 9.52 Å². The number of anilines is 2. The van der Waals surface area contributed by atoms with Crippen molar-refractivity contribution in [1.82, 2.24) is 4.98 Å². The lowest BCUT2D eigenvalue weighted by Crippen LogP contribution is -2.14. The summed E-state index contributed by atoms with van der Waals surface area (Å²) in [6.45, 7) is 1.80. The molecule has 0 radical (unpaired) electrons. The second kappa shape index (κ2) is 9.32. The number of carbonyl (C=O) groups is 1. The number of fused-ring (bicyclic) bond motifs is 1. The van der Waals surface area contributed by atoms with E-state index in [0.717, 1.165) is 33.0 Å². The van der Waals surface area contributed by atoms with E-state index in [4.69, 9.17) is 0 Å². The summed E-state index contributed by atoms with van der Waals surface area (Å²) in [5.41, 5.74) is 4.36. The maximum absolute atomic E-state index is 12.6. The van der Waals surface area contributed by atoms with Gasteiger partial charge >= 0.3 is 0 Å². The average molecular weight is 484 g/mol. The van der Waals surface area contributed by atoms with E-state index in [1.165, 1.54) is 4.70 Å². The van der Waals surface area contributed by atoms with Gasteiger partial charge in [-0.2, -0.15) is 0 Å². The van der Waals surface area contributed by atoms with Crippen LogP contribution in [0.25, 0.3) is 10.2 Å². The van der Waals surface area contributed by atoms with Crippen LogP contribution in [0.15, 0.2) is 71.1 Å². The van der Waals surface area contributed by atoms with Crippen molar-refractivity contribution in [2.45, 2.75) is 17.0 Å². The Hall–Kier alpha value is -2.88. The molecule has 0 aliphatic rings. The molecule has 32 heavy (non-hydrogen) atoms. The predicted octanol–water partition coefficient (Wildman–Crippen LogP) is 5.52. The van der Waals surface area contributed by atoms with Crippen molar-refractivity contribution in [3.05, 3.63) is 83.4 Å². The van der Waals surface area contributed by atoms with E-state index in [-0.39, 0.29) is 5.91 Å². The first kappa shape index (κ1) is 22.3. The Morgan fingerprint density at radius 3 is 2.53 bits per heavy atom. The number of nitrogens with one attached hydrogen (secondary N) is 2. The van der Waals surface area contributed by atoms with Crippen molar-refractivity contribution in [3.8, 4) is 0 Å². The van der Waals surface area contributed by atoms with Crippen molar-refractivity contribution in [3.63, 3.8) is 0 Å². The van der Waals surface area contributed by atoms with Crippen molar-refractivity contribution in [2.24, 2.45) is 0 Å². The summed E-state index contributed by atoms with van der Waals surface area (Å²) in [4.78, 5) is 17.3. The minimum Gasteiger partial charge on any atom is -0.322 e. The molecule has 0 fully saturated rings. The Kier molecular flexibility index (Phi) is 6.50. The van der Waals surface area contributed by atoms with Crippen LogP contribution in [0.3, 0.4) is 0 Å². The van der Waals surface area contributed by atoms with Gasteiger partial charge in [-0.05, 0) is 54.4 Å². The molecule has 6 nitrogen and oxygen atoms in total. The Morgan fingerprint density at radius 2 is 1.81 bits per heavy atom. The summed E-state index contributed by atoms with van der Waals surface area (Å²) >= 11 is 3.35. The van der Waals surface area contributed by atoms with Gasteiger partial charge in [-0.15, -0.1) is 11.3 Å². The SMILES string of the molecule is Cc1ccc(NC(=O)c2ccc(CSc3nc4ccccc4s3)cc2)cc1NS(C)(=O)=O. The zero-order valence-corrected chi connectivity index (χ0v) is 19.9. The molecule has 1 aromatic heterocycles. The number of amides is 1. The van der Waals surface area contributed by atoms with Crippen LogP contribution < -0.4 is 10.0 Å². The quantitative estimate of drug-likeness (QED) is 0.338. The number of carbonyl (C=O) groups excluding carboxylic acids is 1. The molecule has 4 rings (SSSR count). The van der Waals surface area contributed by atoms with Gasteiger partial charge in [0.25, 0.3) is 5.91 Å². The number of rotatable bonds is 7. The molecule has 3 aromatic carbocycles. The molecule has 0 unspecified atom stereocenters. The number of aryl methyl sites for hydroxylation is 1. The predicted molar refractivity (Wildman–Crippen MR) is 133 cm³/mol. The van der Waals surface area contributed by atoms with Gasteiger partial charge in [0, 0.05) is 17.0 Å². The number of sulfonamides is 1. The second-order valence-electron chi connectivity index (χ2n) is 7.29. The highest BCUT2D eigenvalue weighted by molar-refractivity contribution is 8.00. The molecule has 1 heterocycles. The van der Waals surface area contributed by atoms with Crippen molar-refractivity contribution in [2.75, 3.05) is 16.3 Å². The molecule has 2 N–H and O–H groups in total. The zero-order chi connectivity index (χ0) is 22.7. The molecular weight excluding hydrogens is 462 g/mol. The van der Waals surface area contributed by atoms with Crippen LogP contribution in [-0.4, -0.2) is 25.6 Å². The molecule has 0 saturated carbocycles. The summed E-state index contributed by atoms with van der Waals surface area (Å²) in [7, 11) is -3.40. The van der Waals surface area contributed by atoms with E-state index >= 15 is 0 Å². The monoisotopic (exact) mass is 483 g/mol. The topological polar surface area (TPSA) is 88.2 Å². The van der Waals surface area contributed by atoms with Crippen LogP contribution in [0.4, 0.5) is 11.4 Å². The van der Waals surface area contributed by atoms with Crippen LogP contribution in [0.5, 0.6) is 0 Å². The van der Waals surface area contributed by atoms with Gasteiger partial charge in [0.15, 0.2) is 4.34 Å². The van der Waals surface area contributed by atoms with Crippen LogP contribution >= 0.6 is 23.1 Å². The Labute approximate surface area is 195 Å². The number of para-hydroxylation sites is 1. The van der Waals surface area contributed by atoms with Crippen LogP contribution in [0.2, 0.25) is 0 Å². The molecule has 0 saturated heterocycles. The molecule has 164 valence electrons. The lowest BCUT2D eigenvalue weighted by Gasteiger charge is -2.11. The molecule has 0 atom stereocenters. The van der Waals surface area contributed by atoms with E-state index in [1.807, 2.05) is 30.3 Å². The third kappa shape index (κ3) is 5.67. The third-order valence-corrected chi connectivity index (χ3v) is 7.48. The number of hydrogen-bond donors (Lipinski definition) is 2. The van der Waals surface area contributed by atoms with Crippen molar-refractivity contribution in [1.29, 1.82) is 0 Å². The lowest BCUT2D eigenvalue weighted by molar-refractivity contribution is 0.102. The van der Waals surface area contributed by atoms with Gasteiger partial charge in [-0.25, -0.2) is 13.4 Å². The molecule has 4 aromatic rings. The molecule has 0 bridgehead atoms. The summed E-state index contributed by atoms with van der Waals surface area (Å²) in [6.07, 6.45) is 1.09. The van der Waals surface area contributed by atoms with Gasteiger partial charge in [0.2, 0.25) is 10.0 Å². The van der Waals surface area contributed by atoms with Gasteiger partial charge in [0.1, 0.15) is 0 Å². The number of aromatic nitrogens is 1. The van der Waals surface area contributed by atoms with Gasteiger partial charge in [0.05, 0.1) is 22.2 Å². The summed E-state index contributed by atoms with van der Waals surface area (Å²) in [5.74, 6) is 0.504. The number of thioether (sulfide) groups is 1. The van der Waals surface area contributed by atoms with Crippen LogP contribution in [0, 0.1) is 6.92 Å². The highest BCUT2D eigenvalue weighted by Gasteiger charge is 2.10. The molecule has 0 spiro atoms. The summed E-state index contributed by atoms with van der Waals surface area (Å²) in [5, 5.41) is 2.82. The van der Waals surface area contributed by atoms with E-state index in [9.17, 15) is 13.2 Å². The maximum atomic E-state index is 12.6. The molecule has 9 heteroatoms. The second-order valence-corrected chi connectivity index (χ2v) is 11.3. The first-order chi connectivity index (χ1) is 15.3. The fourth-order valence-electron chi connectivity index (χ4n) is 3.02. The van der Waals surface area contributed by atoms with E-state index in [0.29, 0.717) is 16.9 Å². The minimum atomic E-state index is -3.40. The van der Waals surface area contributed by atoms with Gasteiger partial charge < -0.3 is 5.32 Å². The zero-order valence-electron chi connectivity index (χ0n) is 17.5. The first-order valence-electron chi connectivity index (χ1n) is 9.74. The molecule has 0 aliphatic heterocycles. The summed E-state index contributed by atoms with van der Waals surface area (Å²) < 4.78 is 27.7. The minimum absolute atomic E-state index is 0.260. The smallest absolute Gasteiger partial charge is 0.255 e. The van der Waals surface area contributed by atoms with E-state index < -0.39 is 10.0 Å². The lowest BCUT2D eigenvalue weighted by atomic mass is 10.1. The van der Waals surface area contributed by atoms with Crippen LogP contribution in [0.1, 0.15) is 21.5 Å². The van der Waals surface area contributed by atoms with Gasteiger partial charge in [-0.1, -0.05) is 42.1 Å². The fourth-order valence-corrected chi connectivity index (χ4v) is 5.67. The Morgan fingerprint density at radius 1 is 1.06 bits per heavy atom. The molecule has 0 aliphatic carbocycles. The number of hydrogen-bond acceptors (Lipinski definition) is 6. The third-order valence-electron chi connectivity index (χ3n) is 4.64. The number of nitrogens with zero attached hydrogens (tertiary/aromatic N) is 1. The fraction of sp³-hybridized carbons (Fsp3) is 0.130. The molecule has 1 amide bonds. The maximum Gasteiger partial charge on any atom is 0.255 e. The normalized spacial score (nSPS) is 11.4. The molecular formula is C23H21N3O3S3. The van der Waals surface area contributed by atoms with E-state index in [1.54, 1.807) is 60.4 Å². The van der Waals surface area contributed by atoms with Crippen molar-refractivity contribution >= 4 is 60.6 Å².